The average Bonchev–Trinajstić information content (AvgIpc) is 3.04. The van der Waals surface area contributed by atoms with Gasteiger partial charge in [0.15, 0.2) is 5.69 Å². The lowest BCUT2D eigenvalue weighted by Crippen LogP contribution is -2.31. The van der Waals surface area contributed by atoms with Crippen molar-refractivity contribution in [1.82, 2.24) is 10.3 Å². The summed E-state index contributed by atoms with van der Waals surface area (Å²) >= 11 is 6.17. The number of aryl methyl sites for hydroxylation is 1. The predicted molar refractivity (Wildman–Crippen MR) is 101 cm³/mol. The maximum absolute atomic E-state index is 12.7. The summed E-state index contributed by atoms with van der Waals surface area (Å²) in [6, 6.07) is 15.2. The van der Waals surface area contributed by atoms with E-state index in [-0.39, 0.29) is 12.1 Å². The first-order valence-corrected chi connectivity index (χ1v) is 8.63. The fourth-order valence-corrected chi connectivity index (χ4v) is 2.98. The van der Waals surface area contributed by atoms with Gasteiger partial charge in [0.2, 0.25) is 5.89 Å². The minimum absolute atomic E-state index is 0.108. The van der Waals surface area contributed by atoms with Crippen molar-refractivity contribution in [3.05, 3.63) is 76.6 Å². The molecule has 0 bridgehead atoms. The highest BCUT2D eigenvalue weighted by atomic mass is 35.5. The van der Waals surface area contributed by atoms with E-state index in [9.17, 15) is 14.7 Å². The number of halogens is 1. The van der Waals surface area contributed by atoms with E-state index >= 15 is 0 Å². The van der Waals surface area contributed by atoms with Gasteiger partial charge in [-0.15, -0.1) is 0 Å². The third-order valence-electron chi connectivity index (χ3n) is 4.00. The molecule has 138 valence electrons. The number of carbonyl (C=O) groups is 2. The fraction of sp³-hybridized carbons (Fsp3) is 0.150. The first kappa shape index (κ1) is 18.7. The molecule has 3 aromatic rings. The lowest BCUT2D eigenvalue weighted by Gasteiger charge is -2.18. The van der Waals surface area contributed by atoms with Gasteiger partial charge in [-0.3, -0.25) is 9.59 Å². The Morgan fingerprint density at radius 1 is 1.15 bits per heavy atom. The number of carboxylic acid groups (broad SMARTS) is 1. The fourth-order valence-electron chi connectivity index (χ4n) is 2.71. The molecule has 27 heavy (non-hydrogen) atoms. The highest BCUT2D eigenvalue weighted by molar-refractivity contribution is 6.31. The molecule has 2 aromatic carbocycles. The molecule has 0 radical (unpaired) electrons. The quantitative estimate of drug-likeness (QED) is 0.662. The van der Waals surface area contributed by atoms with Gasteiger partial charge in [-0.2, -0.15) is 0 Å². The number of hydrogen-bond donors (Lipinski definition) is 2. The summed E-state index contributed by atoms with van der Waals surface area (Å²) in [5, 5.41) is 12.3. The highest BCUT2D eigenvalue weighted by Crippen LogP contribution is 2.26. The molecule has 1 aromatic heterocycles. The molecule has 2 N–H and O–H groups in total. The third kappa shape index (κ3) is 4.35. The van der Waals surface area contributed by atoms with Crippen molar-refractivity contribution in [1.29, 1.82) is 0 Å². The molecule has 0 aliphatic rings. The van der Waals surface area contributed by atoms with Gasteiger partial charge in [-0.25, -0.2) is 4.98 Å². The number of rotatable bonds is 6. The van der Waals surface area contributed by atoms with Gasteiger partial charge in [-0.1, -0.05) is 48.0 Å². The summed E-state index contributed by atoms with van der Waals surface area (Å²) in [4.78, 5) is 28.2. The summed E-state index contributed by atoms with van der Waals surface area (Å²) in [6.45, 7) is 1.63. The van der Waals surface area contributed by atoms with Gasteiger partial charge >= 0.3 is 5.97 Å². The van der Waals surface area contributed by atoms with Crippen LogP contribution in [0.15, 0.2) is 59.0 Å². The zero-order valence-electron chi connectivity index (χ0n) is 14.5. The van der Waals surface area contributed by atoms with E-state index in [2.05, 4.69) is 10.3 Å². The zero-order valence-corrected chi connectivity index (χ0v) is 15.2. The Labute approximate surface area is 160 Å². The van der Waals surface area contributed by atoms with E-state index < -0.39 is 17.9 Å². The minimum atomic E-state index is -1.05. The van der Waals surface area contributed by atoms with E-state index in [4.69, 9.17) is 16.0 Å². The van der Waals surface area contributed by atoms with Gasteiger partial charge in [-0.05, 0) is 30.7 Å². The van der Waals surface area contributed by atoms with Crippen LogP contribution in [0.5, 0.6) is 0 Å². The molecule has 1 atom stereocenters. The number of nitrogens with one attached hydrogen (secondary N) is 1. The summed E-state index contributed by atoms with van der Waals surface area (Å²) in [7, 11) is 0. The van der Waals surface area contributed by atoms with Crippen molar-refractivity contribution in [3.63, 3.8) is 0 Å². The number of carboxylic acids is 1. The second-order valence-electron chi connectivity index (χ2n) is 5.94. The maximum atomic E-state index is 12.7. The normalized spacial score (nSPS) is 11.8. The molecule has 0 saturated heterocycles. The topological polar surface area (TPSA) is 92.4 Å². The van der Waals surface area contributed by atoms with Gasteiger partial charge < -0.3 is 14.8 Å². The van der Waals surface area contributed by atoms with Crippen molar-refractivity contribution >= 4 is 23.5 Å². The summed E-state index contributed by atoms with van der Waals surface area (Å²) in [5.41, 5.74) is 1.38. The smallest absolute Gasteiger partial charge is 0.305 e. The molecule has 6 nitrogen and oxygen atoms in total. The molecule has 1 heterocycles. The Morgan fingerprint density at radius 2 is 1.81 bits per heavy atom. The van der Waals surface area contributed by atoms with Crippen LogP contribution < -0.4 is 5.32 Å². The molecule has 1 unspecified atom stereocenters. The largest absolute Gasteiger partial charge is 0.481 e. The predicted octanol–water partition coefficient (Wildman–Crippen LogP) is 4.25. The molecular formula is C20H17ClN2O4. The first-order valence-electron chi connectivity index (χ1n) is 8.25. The van der Waals surface area contributed by atoms with Crippen molar-refractivity contribution in [2.45, 2.75) is 19.4 Å². The average molecular weight is 385 g/mol. The van der Waals surface area contributed by atoms with Crippen LogP contribution in [0.1, 0.15) is 34.3 Å². The van der Waals surface area contributed by atoms with Crippen LogP contribution in [0.25, 0.3) is 11.5 Å². The Morgan fingerprint density at radius 3 is 2.48 bits per heavy atom. The van der Waals surface area contributed by atoms with Crippen LogP contribution >= 0.6 is 11.6 Å². The second kappa shape index (κ2) is 8.05. The molecular weight excluding hydrogens is 368 g/mol. The van der Waals surface area contributed by atoms with E-state index in [1.807, 2.05) is 30.3 Å². The SMILES string of the molecule is Cc1oc(-c2ccccc2)nc1C(=O)NC(CC(=O)O)c1ccccc1Cl. The van der Waals surface area contributed by atoms with Crippen LogP contribution in [-0.2, 0) is 4.79 Å². The molecule has 7 heteroatoms. The van der Waals surface area contributed by atoms with Gasteiger partial charge in [0, 0.05) is 10.6 Å². The Kier molecular flexibility index (Phi) is 5.57. The number of nitrogens with zero attached hydrogens (tertiary/aromatic N) is 1. The molecule has 0 spiro atoms. The third-order valence-corrected chi connectivity index (χ3v) is 4.34. The second-order valence-corrected chi connectivity index (χ2v) is 6.34. The number of benzene rings is 2. The zero-order chi connectivity index (χ0) is 19.4. The van der Waals surface area contributed by atoms with Crippen molar-refractivity contribution in [2.75, 3.05) is 0 Å². The standard InChI is InChI=1S/C20H17ClN2O4/c1-12-18(23-20(27-12)13-7-3-2-4-8-13)19(26)22-16(11-17(24)25)14-9-5-6-10-15(14)21/h2-10,16H,11H2,1H3,(H,22,26)(H,24,25). The van der Waals surface area contributed by atoms with Crippen LogP contribution in [0.4, 0.5) is 0 Å². The Bertz CT molecular complexity index is 969. The number of hydrogen-bond acceptors (Lipinski definition) is 4. The van der Waals surface area contributed by atoms with Crippen molar-refractivity contribution in [2.24, 2.45) is 0 Å². The number of oxazole rings is 1. The van der Waals surface area contributed by atoms with E-state index in [1.165, 1.54) is 0 Å². The lowest BCUT2D eigenvalue weighted by molar-refractivity contribution is -0.137. The lowest BCUT2D eigenvalue weighted by atomic mass is 10.0. The molecule has 0 fully saturated rings. The summed E-state index contributed by atoms with van der Waals surface area (Å²) in [6.07, 6.45) is -0.308. The molecule has 0 aliphatic heterocycles. The van der Waals surface area contributed by atoms with Crippen molar-refractivity contribution in [3.8, 4) is 11.5 Å². The monoisotopic (exact) mass is 384 g/mol. The Balaban J connectivity index is 1.87. The van der Waals surface area contributed by atoms with E-state index in [0.29, 0.717) is 22.2 Å². The first-order chi connectivity index (χ1) is 13.0. The molecule has 3 rings (SSSR count). The molecule has 0 saturated carbocycles. The van der Waals surface area contributed by atoms with Crippen LogP contribution in [0, 0.1) is 6.92 Å². The number of aliphatic carboxylic acids is 1. The number of amides is 1. The van der Waals surface area contributed by atoms with Gasteiger partial charge in [0.25, 0.3) is 5.91 Å². The molecule has 1 amide bonds. The van der Waals surface area contributed by atoms with Gasteiger partial charge in [0.05, 0.1) is 12.5 Å². The van der Waals surface area contributed by atoms with Crippen LogP contribution in [0.3, 0.4) is 0 Å². The number of aromatic nitrogens is 1. The summed E-state index contributed by atoms with van der Waals surface area (Å²) in [5.74, 6) is -0.906. The maximum Gasteiger partial charge on any atom is 0.305 e. The van der Waals surface area contributed by atoms with Gasteiger partial charge in [0.1, 0.15) is 5.76 Å². The summed E-state index contributed by atoms with van der Waals surface area (Å²) < 4.78 is 5.60. The van der Waals surface area contributed by atoms with Crippen molar-refractivity contribution < 1.29 is 19.1 Å². The van der Waals surface area contributed by atoms with Crippen LogP contribution in [-0.4, -0.2) is 22.0 Å². The minimum Gasteiger partial charge on any atom is -0.481 e. The van der Waals surface area contributed by atoms with E-state index in [1.54, 1.807) is 31.2 Å². The molecule has 0 aliphatic carbocycles. The number of carbonyl (C=O) groups excluding carboxylic acids is 1. The highest BCUT2D eigenvalue weighted by Gasteiger charge is 2.24. The van der Waals surface area contributed by atoms with Crippen LogP contribution in [0.2, 0.25) is 5.02 Å². The Hall–Kier alpha value is -3.12. The van der Waals surface area contributed by atoms with E-state index in [0.717, 1.165) is 5.56 Å².